The number of aliphatic hydroxyl groups excluding tert-OH is 2. The molecule has 3 fully saturated rings. The zero-order valence-corrected chi connectivity index (χ0v) is 23.9. The average Bonchev–Trinajstić information content (AvgIpc) is 3.53. The second-order valence-corrected chi connectivity index (χ2v) is 12.0. The van der Waals surface area contributed by atoms with Gasteiger partial charge >= 0.3 is 17.9 Å². The normalized spacial score (nSPS) is 36.7. The summed E-state index contributed by atoms with van der Waals surface area (Å²) in [7, 11) is 0. The SMILES string of the molecule is CC(=O)O[C@@H]1[C@H]2[C@@H](O)[C@@H](OC(=O)c3ccoc3)[C@]3(CO)[C@@H](OC(=O)/C=C/c4ccccc4)CC[C@](C)(O)[C@@]13OC2(C)C. The molecule has 42 heavy (non-hydrogen) atoms. The van der Waals surface area contributed by atoms with Gasteiger partial charge in [-0.3, -0.25) is 4.79 Å². The fourth-order valence-electron chi connectivity index (χ4n) is 7.46. The molecule has 3 aliphatic rings. The first-order chi connectivity index (χ1) is 19.8. The molecular formula is C31H36O11. The van der Waals surface area contributed by atoms with E-state index < -0.39 is 77.1 Å². The number of carbonyl (C=O) groups is 3. The first kappa shape index (κ1) is 30.0. The van der Waals surface area contributed by atoms with Gasteiger partial charge in [0.25, 0.3) is 0 Å². The molecule has 0 amide bonds. The number of aliphatic hydroxyl groups is 3. The van der Waals surface area contributed by atoms with Crippen LogP contribution in [-0.4, -0.2) is 81.1 Å². The Hall–Kier alpha value is -3.51. The number of hydrogen-bond donors (Lipinski definition) is 3. The van der Waals surface area contributed by atoms with Crippen LogP contribution in [0.15, 0.2) is 59.4 Å². The van der Waals surface area contributed by atoms with Crippen molar-refractivity contribution in [2.24, 2.45) is 11.3 Å². The minimum Gasteiger partial charge on any atom is -0.472 e. The predicted molar refractivity (Wildman–Crippen MR) is 146 cm³/mol. The fourth-order valence-corrected chi connectivity index (χ4v) is 7.46. The highest BCUT2D eigenvalue weighted by Gasteiger charge is 2.86. The van der Waals surface area contributed by atoms with Crippen LogP contribution in [0, 0.1) is 11.3 Å². The van der Waals surface area contributed by atoms with Crippen LogP contribution in [0.2, 0.25) is 0 Å². The summed E-state index contributed by atoms with van der Waals surface area (Å²) in [5, 5.41) is 35.3. The summed E-state index contributed by atoms with van der Waals surface area (Å²) in [5.74, 6) is -3.36. The van der Waals surface area contributed by atoms with E-state index in [1.54, 1.807) is 32.1 Å². The Morgan fingerprint density at radius 3 is 2.38 bits per heavy atom. The van der Waals surface area contributed by atoms with Crippen molar-refractivity contribution in [1.29, 1.82) is 0 Å². The van der Waals surface area contributed by atoms with E-state index in [0.717, 1.165) is 5.56 Å². The van der Waals surface area contributed by atoms with Crippen LogP contribution < -0.4 is 0 Å². The summed E-state index contributed by atoms with van der Waals surface area (Å²) in [6.45, 7) is 5.10. The maximum absolute atomic E-state index is 13.3. The van der Waals surface area contributed by atoms with Gasteiger partial charge in [0.05, 0.1) is 35.6 Å². The van der Waals surface area contributed by atoms with Crippen molar-refractivity contribution in [1.82, 2.24) is 0 Å². The highest BCUT2D eigenvalue weighted by molar-refractivity contribution is 5.89. The molecule has 1 aromatic carbocycles. The molecule has 11 nitrogen and oxygen atoms in total. The molecule has 11 heteroatoms. The largest absolute Gasteiger partial charge is 0.472 e. The zero-order chi connectivity index (χ0) is 30.5. The van der Waals surface area contributed by atoms with E-state index in [9.17, 15) is 29.7 Å². The minimum absolute atomic E-state index is 0.00789. The second kappa shape index (κ2) is 10.6. The van der Waals surface area contributed by atoms with Crippen molar-refractivity contribution in [2.45, 2.75) is 81.8 Å². The molecule has 1 aliphatic heterocycles. The summed E-state index contributed by atoms with van der Waals surface area (Å²) < 4.78 is 29.3. The smallest absolute Gasteiger partial charge is 0.341 e. The lowest BCUT2D eigenvalue weighted by atomic mass is 9.46. The van der Waals surface area contributed by atoms with Crippen molar-refractivity contribution in [2.75, 3.05) is 6.61 Å². The van der Waals surface area contributed by atoms with Gasteiger partial charge in [-0.05, 0) is 51.3 Å². The lowest BCUT2D eigenvalue weighted by Gasteiger charge is -2.65. The standard InChI is InChI=1S/C31H36O11/c1-18(33)39-25-23-24(35)26(41-27(36)20-13-15-38-16-20)30(17-32)21(40-22(34)11-10-19-8-6-5-7-9-19)12-14-29(4,37)31(25,30)42-28(23,2)3/h5-11,13,15-16,21,23-26,32,35,37H,12,14,17H2,1-4H3/b11-10+/t21-,23+,24+,25+,26+,29-,30-,31-/m0/s1. The molecule has 3 N–H and O–H groups in total. The average molecular weight is 585 g/mol. The molecule has 1 saturated heterocycles. The Morgan fingerprint density at radius 1 is 1.05 bits per heavy atom. The lowest BCUT2D eigenvalue weighted by molar-refractivity contribution is -0.348. The van der Waals surface area contributed by atoms with Crippen molar-refractivity contribution < 1.29 is 53.1 Å². The van der Waals surface area contributed by atoms with Crippen LogP contribution in [-0.2, 0) is 28.5 Å². The van der Waals surface area contributed by atoms with Gasteiger partial charge in [-0.15, -0.1) is 0 Å². The Kier molecular flexibility index (Phi) is 7.59. The summed E-state index contributed by atoms with van der Waals surface area (Å²) in [4.78, 5) is 38.9. The maximum atomic E-state index is 13.3. The first-order valence-electron chi connectivity index (χ1n) is 13.9. The molecule has 2 bridgehead atoms. The number of fused-ring (bicyclic) bond motifs is 1. The molecule has 8 atom stereocenters. The van der Waals surface area contributed by atoms with Gasteiger partial charge in [-0.2, -0.15) is 0 Å². The third-order valence-corrected chi connectivity index (χ3v) is 9.11. The molecule has 2 aromatic rings. The molecule has 1 spiro atoms. The summed E-state index contributed by atoms with van der Waals surface area (Å²) in [6.07, 6.45) is -0.449. The van der Waals surface area contributed by atoms with E-state index in [0.29, 0.717) is 0 Å². The van der Waals surface area contributed by atoms with Gasteiger partial charge in [0.15, 0.2) is 0 Å². The number of ether oxygens (including phenoxy) is 4. The highest BCUT2D eigenvalue weighted by atomic mass is 16.6. The van der Waals surface area contributed by atoms with Crippen molar-refractivity contribution in [3.05, 3.63) is 66.1 Å². The third kappa shape index (κ3) is 4.46. The molecule has 5 rings (SSSR count). The van der Waals surface area contributed by atoms with E-state index >= 15 is 0 Å². The summed E-state index contributed by atoms with van der Waals surface area (Å²) in [5.41, 5.74) is -6.21. The lowest BCUT2D eigenvalue weighted by Crippen LogP contribution is -2.83. The third-order valence-electron chi connectivity index (χ3n) is 9.11. The number of furan rings is 1. The van der Waals surface area contributed by atoms with Gasteiger partial charge in [0, 0.05) is 13.0 Å². The van der Waals surface area contributed by atoms with Gasteiger partial charge in [-0.1, -0.05) is 30.3 Å². The second-order valence-electron chi connectivity index (χ2n) is 12.0. The Morgan fingerprint density at radius 2 is 1.76 bits per heavy atom. The van der Waals surface area contributed by atoms with E-state index in [-0.39, 0.29) is 18.4 Å². The van der Waals surface area contributed by atoms with Crippen LogP contribution in [0.4, 0.5) is 0 Å². The molecule has 1 aromatic heterocycles. The van der Waals surface area contributed by atoms with Crippen molar-refractivity contribution >= 4 is 24.0 Å². The first-order valence-corrected chi connectivity index (χ1v) is 13.9. The van der Waals surface area contributed by atoms with Gasteiger partial charge in [-0.25, -0.2) is 9.59 Å². The quantitative estimate of drug-likeness (QED) is 0.249. The molecule has 2 saturated carbocycles. The topological polar surface area (TPSA) is 162 Å². The van der Waals surface area contributed by atoms with Gasteiger partial charge < -0.3 is 38.7 Å². The molecule has 2 heterocycles. The van der Waals surface area contributed by atoms with Crippen molar-refractivity contribution in [3.8, 4) is 0 Å². The van der Waals surface area contributed by atoms with Crippen LogP contribution in [0.25, 0.3) is 6.08 Å². The van der Waals surface area contributed by atoms with E-state index in [2.05, 4.69) is 0 Å². The molecule has 0 unspecified atom stereocenters. The Balaban J connectivity index is 1.66. The fraction of sp³-hybridized carbons (Fsp3) is 0.516. The monoisotopic (exact) mass is 584 g/mol. The maximum Gasteiger partial charge on any atom is 0.341 e. The minimum atomic E-state index is -1.98. The Bertz CT molecular complexity index is 1350. The summed E-state index contributed by atoms with van der Waals surface area (Å²) in [6, 6.07) is 10.4. The van der Waals surface area contributed by atoms with Crippen molar-refractivity contribution in [3.63, 3.8) is 0 Å². The van der Waals surface area contributed by atoms with Gasteiger partial charge in [0.2, 0.25) is 0 Å². The highest BCUT2D eigenvalue weighted by Crippen LogP contribution is 2.68. The molecule has 0 radical (unpaired) electrons. The van der Waals surface area contributed by atoms with Crippen LogP contribution in [0.5, 0.6) is 0 Å². The predicted octanol–water partition coefficient (Wildman–Crippen LogP) is 2.42. The van der Waals surface area contributed by atoms with E-state index in [4.69, 9.17) is 23.4 Å². The molecular weight excluding hydrogens is 548 g/mol. The number of hydrogen-bond acceptors (Lipinski definition) is 11. The van der Waals surface area contributed by atoms with Crippen LogP contribution in [0.1, 0.15) is 56.5 Å². The Labute approximate surface area is 243 Å². The number of esters is 3. The zero-order valence-electron chi connectivity index (χ0n) is 23.9. The number of rotatable bonds is 7. The van der Waals surface area contributed by atoms with Crippen LogP contribution >= 0.6 is 0 Å². The summed E-state index contributed by atoms with van der Waals surface area (Å²) >= 11 is 0. The van der Waals surface area contributed by atoms with E-state index in [1.165, 1.54) is 38.5 Å². The van der Waals surface area contributed by atoms with E-state index in [1.807, 2.05) is 18.2 Å². The van der Waals surface area contributed by atoms with Gasteiger partial charge in [0.1, 0.15) is 41.7 Å². The molecule has 2 aliphatic carbocycles. The number of carbonyl (C=O) groups excluding carboxylic acids is 3. The number of benzene rings is 1. The molecule has 226 valence electrons. The van der Waals surface area contributed by atoms with Crippen LogP contribution in [0.3, 0.4) is 0 Å².